The number of hydrogen-bond acceptors (Lipinski definition) is 4. The number of allylic oxidation sites excluding steroid dienone is 3. The number of hydrogen-bond donors (Lipinski definition) is 1. The van der Waals surface area contributed by atoms with Crippen molar-refractivity contribution in [3.8, 4) is 6.07 Å². The van der Waals surface area contributed by atoms with Gasteiger partial charge < -0.3 is 5.73 Å². The largest absolute Gasteiger partial charge is 0.384 e. The molecule has 3 aromatic carbocycles. The fraction of sp³-hybridized carbons (Fsp3) is 0.143. The Balaban J connectivity index is 1.75. The van der Waals surface area contributed by atoms with E-state index in [9.17, 15) is 10.1 Å². The van der Waals surface area contributed by atoms with Gasteiger partial charge in [0.05, 0.1) is 17.6 Å². The van der Waals surface area contributed by atoms with E-state index >= 15 is 0 Å². The highest BCUT2D eigenvalue weighted by molar-refractivity contribution is 6.31. The summed E-state index contributed by atoms with van der Waals surface area (Å²) >= 11 is 12.9. The molecule has 2 unspecified atom stereocenters. The fourth-order valence-electron chi connectivity index (χ4n) is 5.02. The van der Waals surface area contributed by atoms with Crippen LogP contribution in [0.4, 0.5) is 5.69 Å². The number of nitrogens with zero attached hydrogens (tertiary/aromatic N) is 2. The summed E-state index contributed by atoms with van der Waals surface area (Å²) in [6.07, 6.45) is 0.948. The molecule has 0 amide bonds. The van der Waals surface area contributed by atoms with E-state index < -0.39 is 5.92 Å². The van der Waals surface area contributed by atoms with E-state index in [1.807, 2.05) is 65.6 Å². The maximum absolute atomic E-state index is 13.8. The second-order valence-corrected chi connectivity index (χ2v) is 9.32. The highest BCUT2D eigenvalue weighted by Crippen LogP contribution is 2.50. The molecule has 0 radical (unpaired) electrons. The van der Waals surface area contributed by atoms with Gasteiger partial charge in [0.25, 0.3) is 0 Å². The first-order chi connectivity index (χ1) is 16.5. The molecule has 0 aromatic heterocycles. The summed E-state index contributed by atoms with van der Waals surface area (Å²) in [7, 11) is 0. The minimum Gasteiger partial charge on any atom is -0.384 e. The first-order valence-corrected chi connectivity index (χ1v) is 11.8. The Bertz CT molecular complexity index is 1390. The topological polar surface area (TPSA) is 70.1 Å². The van der Waals surface area contributed by atoms with E-state index in [-0.39, 0.29) is 17.5 Å². The zero-order valence-corrected chi connectivity index (χ0v) is 19.7. The third-order valence-electron chi connectivity index (χ3n) is 6.52. The Hall–Kier alpha value is -3.52. The Kier molecular flexibility index (Phi) is 5.91. The van der Waals surface area contributed by atoms with Gasteiger partial charge in [0.1, 0.15) is 5.82 Å². The Labute approximate surface area is 208 Å². The molecular formula is C28H21Cl2N3O. The van der Waals surface area contributed by atoms with Gasteiger partial charge in [0, 0.05) is 33.4 Å². The zero-order valence-electron chi connectivity index (χ0n) is 18.2. The normalized spacial score (nSPS) is 20.3. The summed E-state index contributed by atoms with van der Waals surface area (Å²) in [6.45, 7) is 0. The van der Waals surface area contributed by atoms with Gasteiger partial charge in [-0.05, 0) is 47.7 Å². The number of benzene rings is 3. The molecule has 0 saturated carbocycles. The molecule has 1 aliphatic heterocycles. The Morgan fingerprint density at radius 2 is 1.68 bits per heavy atom. The monoisotopic (exact) mass is 485 g/mol. The minimum atomic E-state index is -0.617. The summed E-state index contributed by atoms with van der Waals surface area (Å²) < 4.78 is 0. The van der Waals surface area contributed by atoms with Gasteiger partial charge >= 0.3 is 0 Å². The number of Topliss-reactive ketones (excluding diaryl/α,β-unsaturated/α-hetero) is 1. The van der Waals surface area contributed by atoms with Crippen LogP contribution in [0.15, 0.2) is 102 Å². The summed E-state index contributed by atoms with van der Waals surface area (Å²) in [4.78, 5) is 15.6. The number of halogens is 2. The zero-order chi connectivity index (χ0) is 23.8. The minimum absolute atomic E-state index is 0.00235. The van der Waals surface area contributed by atoms with Crippen molar-refractivity contribution in [1.29, 1.82) is 5.26 Å². The van der Waals surface area contributed by atoms with Crippen molar-refractivity contribution in [3.05, 3.63) is 123 Å². The maximum atomic E-state index is 13.8. The maximum Gasteiger partial charge on any atom is 0.162 e. The van der Waals surface area contributed by atoms with Crippen molar-refractivity contribution in [2.45, 2.75) is 24.7 Å². The molecule has 34 heavy (non-hydrogen) atoms. The van der Waals surface area contributed by atoms with Crippen LogP contribution in [0.3, 0.4) is 0 Å². The second kappa shape index (κ2) is 9.02. The lowest BCUT2D eigenvalue weighted by Crippen LogP contribution is -2.40. The predicted molar refractivity (Wildman–Crippen MR) is 135 cm³/mol. The molecule has 2 atom stereocenters. The lowest BCUT2D eigenvalue weighted by Gasteiger charge is -2.41. The number of rotatable bonds is 3. The Morgan fingerprint density at radius 3 is 2.38 bits per heavy atom. The number of nitriles is 1. The first-order valence-electron chi connectivity index (χ1n) is 11.0. The van der Waals surface area contributed by atoms with Crippen LogP contribution in [0, 0.1) is 11.3 Å². The molecule has 0 bridgehead atoms. The average Bonchev–Trinajstić information content (AvgIpc) is 2.84. The van der Waals surface area contributed by atoms with Crippen LogP contribution in [0.25, 0.3) is 0 Å². The van der Waals surface area contributed by atoms with Crippen molar-refractivity contribution in [2.75, 3.05) is 4.90 Å². The highest BCUT2D eigenvalue weighted by atomic mass is 35.5. The van der Waals surface area contributed by atoms with E-state index in [0.29, 0.717) is 45.3 Å². The molecule has 168 valence electrons. The van der Waals surface area contributed by atoms with Gasteiger partial charge in [-0.2, -0.15) is 5.26 Å². The van der Waals surface area contributed by atoms with Crippen molar-refractivity contribution < 1.29 is 4.79 Å². The molecule has 5 rings (SSSR count). The van der Waals surface area contributed by atoms with E-state index in [4.69, 9.17) is 28.9 Å². The third kappa shape index (κ3) is 3.77. The average molecular weight is 486 g/mol. The van der Waals surface area contributed by atoms with Gasteiger partial charge in [0.2, 0.25) is 0 Å². The number of nitrogens with two attached hydrogens (primary N) is 1. The molecule has 3 aromatic rings. The summed E-state index contributed by atoms with van der Waals surface area (Å²) in [5.74, 6) is -0.340. The lowest BCUT2D eigenvalue weighted by atomic mass is 9.72. The van der Waals surface area contributed by atoms with Gasteiger partial charge in [-0.3, -0.25) is 9.69 Å². The smallest absolute Gasteiger partial charge is 0.162 e. The number of carbonyl (C=O) groups is 1. The van der Waals surface area contributed by atoms with Crippen molar-refractivity contribution >= 4 is 34.7 Å². The molecule has 4 nitrogen and oxygen atoms in total. The first kappa shape index (κ1) is 22.3. The standard InChI is InChI=1S/C28H21Cl2N3O/c29-19-9-6-10-20(15-19)33-24-13-18(17-7-2-1-3-8-17)14-25(34)27(24)26(22(16-31)28(33)32)21-11-4-5-12-23(21)30/h1-12,15,18,26H,13-14,32H2. The summed E-state index contributed by atoms with van der Waals surface area (Å²) in [6, 6.07) is 26.9. The highest BCUT2D eigenvalue weighted by Gasteiger charge is 2.43. The van der Waals surface area contributed by atoms with Crippen LogP contribution in [-0.2, 0) is 4.79 Å². The van der Waals surface area contributed by atoms with Crippen LogP contribution >= 0.6 is 23.2 Å². The molecule has 1 heterocycles. The molecule has 1 aliphatic carbocycles. The molecule has 0 spiro atoms. The molecule has 2 aliphatic rings. The van der Waals surface area contributed by atoms with Crippen molar-refractivity contribution in [1.82, 2.24) is 0 Å². The van der Waals surface area contributed by atoms with Crippen molar-refractivity contribution in [2.24, 2.45) is 5.73 Å². The van der Waals surface area contributed by atoms with Gasteiger partial charge in [0.15, 0.2) is 5.78 Å². The predicted octanol–water partition coefficient (Wildman–Crippen LogP) is 6.69. The molecule has 0 saturated heterocycles. The Morgan fingerprint density at radius 1 is 0.941 bits per heavy atom. The van der Waals surface area contributed by atoms with E-state index in [1.54, 1.807) is 18.2 Å². The number of ketones is 1. The SMILES string of the molecule is N#CC1=C(N)N(c2cccc(Cl)c2)C2=C(C(=O)CC(c3ccccc3)C2)C1c1ccccc1Cl. The van der Waals surface area contributed by atoms with E-state index in [1.165, 1.54) is 0 Å². The van der Waals surface area contributed by atoms with E-state index in [2.05, 4.69) is 6.07 Å². The van der Waals surface area contributed by atoms with Crippen molar-refractivity contribution in [3.63, 3.8) is 0 Å². The third-order valence-corrected chi connectivity index (χ3v) is 7.10. The van der Waals surface area contributed by atoms with E-state index in [0.717, 1.165) is 11.3 Å². The van der Waals surface area contributed by atoms with Gasteiger partial charge in [-0.25, -0.2) is 0 Å². The molecule has 6 heteroatoms. The molecule has 0 fully saturated rings. The molecule has 2 N–H and O–H groups in total. The van der Waals surface area contributed by atoms with Gasteiger partial charge in [-0.1, -0.05) is 77.8 Å². The van der Waals surface area contributed by atoms with Gasteiger partial charge in [-0.15, -0.1) is 0 Å². The number of anilines is 1. The summed E-state index contributed by atoms with van der Waals surface area (Å²) in [5.41, 5.74) is 10.9. The van der Waals surface area contributed by atoms with Crippen LogP contribution in [0.2, 0.25) is 10.0 Å². The summed E-state index contributed by atoms with van der Waals surface area (Å²) in [5, 5.41) is 11.2. The lowest BCUT2D eigenvalue weighted by molar-refractivity contribution is -0.116. The molecular weight excluding hydrogens is 465 g/mol. The van der Waals surface area contributed by atoms with Crippen LogP contribution < -0.4 is 10.6 Å². The quantitative estimate of drug-likeness (QED) is 0.448. The van der Waals surface area contributed by atoms with Crippen LogP contribution in [0.1, 0.15) is 35.8 Å². The number of carbonyl (C=O) groups excluding carboxylic acids is 1. The fourth-order valence-corrected chi connectivity index (χ4v) is 5.45. The van der Waals surface area contributed by atoms with Crippen LogP contribution in [-0.4, -0.2) is 5.78 Å². The second-order valence-electron chi connectivity index (χ2n) is 8.48. The van der Waals surface area contributed by atoms with Crippen LogP contribution in [0.5, 0.6) is 0 Å².